The van der Waals surface area contributed by atoms with Crippen LogP contribution < -0.4 is 0 Å². The van der Waals surface area contributed by atoms with Crippen molar-refractivity contribution in [2.45, 2.75) is 26.4 Å². The molecule has 0 amide bonds. The van der Waals surface area contributed by atoms with Crippen LogP contribution in [0, 0.1) is 4.91 Å². The second-order valence-corrected chi connectivity index (χ2v) is 4.87. The van der Waals surface area contributed by atoms with Gasteiger partial charge in [0.05, 0.1) is 11.7 Å². The maximum absolute atomic E-state index is 11.9. The van der Waals surface area contributed by atoms with Gasteiger partial charge in [0.15, 0.2) is 0 Å². The highest BCUT2D eigenvalue weighted by atomic mass is 16.6. The van der Waals surface area contributed by atoms with Crippen LogP contribution in [0.5, 0.6) is 0 Å². The van der Waals surface area contributed by atoms with E-state index in [-0.39, 0.29) is 0 Å². The van der Waals surface area contributed by atoms with Gasteiger partial charge in [-0.1, -0.05) is 0 Å². The number of fused-ring (bicyclic) bond motifs is 1. The Kier molecular flexibility index (Phi) is 2.86. The number of rotatable bonds is 1. The topological polar surface area (TPSA) is 73.6 Å². The fourth-order valence-corrected chi connectivity index (χ4v) is 1.53. The fraction of sp³-hybridized carbons (Fsp3) is 0.333. The van der Waals surface area contributed by atoms with Crippen LogP contribution in [0.25, 0.3) is 10.9 Å². The van der Waals surface area contributed by atoms with Crippen LogP contribution in [0.1, 0.15) is 20.8 Å². The van der Waals surface area contributed by atoms with Gasteiger partial charge in [-0.3, -0.25) is 0 Å². The van der Waals surface area contributed by atoms with Crippen LogP contribution in [0.15, 0.2) is 29.6 Å². The van der Waals surface area contributed by atoms with E-state index in [0.29, 0.717) is 16.6 Å². The van der Waals surface area contributed by atoms with Crippen molar-refractivity contribution in [2.75, 3.05) is 0 Å². The molecule has 2 aromatic rings. The first-order valence-corrected chi connectivity index (χ1v) is 5.45. The molecule has 0 bridgehead atoms. The average Bonchev–Trinajstić information content (AvgIpc) is 2.69. The minimum atomic E-state index is -0.584. The number of hydrogen-bond acceptors (Lipinski definition) is 5. The van der Waals surface area contributed by atoms with Gasteiger partial charge in [0.1, 0.15) is 11.3 Å². The van der Waals surface area contributed by atoms with E-state index < -0.39 is 11.7 Å². The zero-order valence-electron chi connectivity index (χ0n) is 10.4. The molecule has 6 heteroatoms. The van der Waals surface area contributed by atoms with E-state index in [1.54, 1.807) is 32.9 Å². The lowest BCUT2D eigenvalue weighted by Gasteiger charge is -2.19. The highest BCUT2D eigenvalue weighted by molar-refractivity contribution is 5.89. The summed E-state index contributed by atoms with van der Waals surface area (Å²) >= 11 is 0. The summed E-state index contributed by atoms with van der Waals surface area (Å²) in [4.78, 5) is 22.3. The van der Waals surface area contributed by atoms with Crippen molar-refractivity contribution in [3.05, 3.63) is 29.3 Å². The monoisotopic (exact) mass is 247 g/mol. The zero-order chi connectivity index (χ0) is 13.3. The van der Waals surface area contributed by atoms with Gasteiger partial charge in [-0.2, -0.15) is 9.78 Å². The highest BCUT2D eigenvalue weighted by Crippen LogP contribution is 2.21. The maximum Gasteiger partial charge on any atom is 0.435 e. The van der Waals surface area contributed by atoms with Gasteiger partial charge in [-0.05, 0) is 44.1 Å². The summed E-state index contributed by atoms with van der Waals surface area (Å²) in [6.07, 6.45) is 0.942. The van der Waals surface area contributed by atoms with Crippen molar-refractivity contribution < 1.29 is 9.53 Å². The third-order valence-corrected chi connectivity index (χ3v) is 2.22. The molecule has 0 aliphatic rings. The molecule has 0 fully saturated rings. The smallest absolute Gasteiger partial charge is 0.435 e. The summed E-state index contributed by atoms with van der Waals surface area (Å²) in [5.74, 6) is 0. The Balaban J connectivity index is 2.41. The Morgan fingerprint density at radius 1 is 1.39 bits per heavy atom. The predicted molar refractivity (Wildman–Crippen MR) is 66.8 cm³/mol. The molecule has 1 heterocycles. The maximum atomic E-state index is 11.9. The average molecular weight is 247 g/mol. The van der Waals surface area contributed by atoms with Gasteiger partial charge in [-0.25, -0.2) is 4.79 Å². The Morgan fingerprint density at radius 2 is 2.11 bits per heavy atom. The van der Waals surface area contributed by atoms with Gasteiger partial charge in [0.25, 0.3) is 0 Å². The Morgan fingerprint density at radius 3 is 2.72 bits per heavy atom. The molecule has 18 heavy (non-hydrogen) atoms. The number of nitroso groups, excluding NO2 is 1. The van der Waals surface area contributed by atoms with Crippen LogP contribution in [0.2, 0.25) is 0 Å². The Labute approximate surface area is 104 Å². The number of benzene rings is 1. The summed E-state index contributed by atoms with van der Waals surface area (Å²) < 4.78 is 6.38. The molecule has 94 valence electrons. The number of aromatic nitrogens is 2. The van der Waals surface area contributed by atoms with E-state index in [1.165, 1.54) is 12.3 Å². The van der Waals surface area contributed by atoms with Crippen molar-refractivity contribution in [2.24, 2.45) is 5.18 Å². The highest BCUT2D eigenvalue weighted by Gasteiger charge is 2.19. The number of hydrogen-bond donors (Lipinski definition) is 0. The van der Waals surface area contributed by atoms with Crippen molar-refractivity contribution >= 4 is 22.7 Å². The molecule has 6 nitrogen and oxygen atoms in total. The lowest BCUT2D eigenvalue weighted by Crippen LogP contribution is -2.27. The first-order valence-electron chi connectivity index (χ1n) is 5.45. The molecule has 0 spiro atoms. The zero-order valence-corrected chi connectivity index (χ0v) is 10.4. The van der Waals surface area contributed by atoms with E-state index in [4.69, 9.17) is 4.74 Å². The Bertz CT molecular complexity index is 611. The van der Waals surface area contributed by atoms with Crippen molar-refractivity contribution in [3.8, 4) is 0 Å². The largest absolute Gasteiger partial charge is 0.442 e. The van der Waals surface area contributed by atoms with Crippen LogP contribution >= 0.6 is 0 Å². The molecule has 2 rings (SSSR count). The summed E-state index contributed by atoms with van der Waals surface area (Å²) in [6.45, 7) is 5.35. The molecule has 0 saturated heterocycles. The minimum Gasteiger partial charge on any atom is -0.442 e. The quantitative estimate of drug-likeness (QED) is 0.725. The lowest BCUT2D eigenvalue weighted by atomic mass is 10.2. The van der Waals surface area contributed by atoms with Crippen LogP contribution in [0.4, 0.5) is 10.5 Å². The van der Waals surface area contributed by atoms with Gasteiger partial charge >= 0.3 is 6.09 Å². The van der Waals surface area contributed by atoms with Gasteiger partial charge in [0, 0.05) is 5.39 Å². The first kappa shape index (κ1) is 12.2. The molecule has 0 aliphatic carbocycles. The molecule has 0 N–H and O–H groups in total. The third kappa shape index (κ3) is 2.37. The molecule has 1 aromatic heterocycles. The van der Waals surface area contributed by atoms with E-state index in [2.05, 4.69) is 10.3 Å². The predicted octanol–water partition coefficient (Wildman–Crippen LogP) is 3.22. The SMILES string of the molecule is CC(C)(C)OC(=O)n1ncc2cc(N=O)ccc21. The van der Waals surface area contributed by atoms with E-state index in [0.717, 1.165) is 4.68 Å². The van der Waals surface area contributed by atoms with Crippen molar-refractivity contribution in [1.82, 2.24) is 9.78 Å². The van der Waals surface area contributed by atoms with Crippen LogP contribution in [-0.4, -0.2) is 21.5 Å². The van der Waals surface area contributed by atoms with Crippen LogP contribution in [0.3, 0.4) is 0 Å². The van der Waals surface area contributed by atoms with E-state index in [9.17, 15) is 9.70 Å². The summed E-state index contributed by atoms with van der Waals surface area (Å²) in [5, 5.41) is 7.45. The standard InChI is InChI=1S/C12H13N3O3/c1-12(2,3)18-11(16)15-10-5-4-9(14-17)6-8(10)7-13-15/h4-7H,1-3H3. The van der Waals surface area contributed by atoms with Gasteiger partial charge < -0.3 is 4.74 Å². The second-order valence-electron chi connectivity index (χ2n) is 4.87. The summed E-state index contributed by atoms with van der Waals surface area (Å²) in [6, 6.07) is 4.71. The van der Waals surface area contributed by atoms with Crippen molar-refractivity contribution in [1.29, 1.82) is 0 Å². The van der Waals surface area contributed by atoms with E-state index >= 15 is 0 Å². The van der Waals surface area contributed by atoms with Gasteiger partial charge in [0.2, 0.25) is 0 Å². The molecule has 0 unspecified atom stereocenters. The number of carbonyl (C=O) groups excluding carboxylic acids is 1. The summed E-state index contributed by atoms with van der Waals surface area (Å²) in [5.41, 5.74) is 0.294. The van der Waals surface area contributed by atoms with Crippen molar-refractivity contribution in [3.63, 3.8) is 0 Å². The second kappa shape index (κ2) is 4.21. The molecular weight excluding hydrogens is 234 g/mol. The fourth-order valence-electron chi connectivity index (χ4n) is 1.53. The lowest BCUT2D eigenvalue weighted by molar-refractivity contribution is 0.0523. The molecule has 0 radical (unpaired) electrons. The first-order chi connectivity index (χ1) is 8.40. The number of nitrogens with zero attached hydrogens (tertiary/aromatic N) is 3. The normalized spacial score (nSPS) is 11.5. The van der Waals surface area contributed by atoms with Crippen LogP contribution in [-0.2, 0) is 4.74 Å². The third-order valence-electron chi connectivity index (χ3n) is 2.22. The minimum absolute atomic E-state index is 0.297. The molecular formula is C12H13N3O3. The number of ether oxygens (including phenoxy) is 1. The molecule has 0 atom stereocenters. The molecule has 0 aliphatic heterocycles. The summed E-state index contributed by atoms with van der Waals surface area (Å²) in [7, 11) is 0. The Hall–Kier alpha value is -2.24. The molecule has 1 aromatic carbocycles. The molecule has 0 saturated carbocycles. The van der Waals surface area contributed by atoms with E-state index in [1.807, 2.05) is 0 Å². The van der Waals surface area contributed by atoms with Gasteiger partial charge in [-0.15, -0.1) is 4.91 Å². The number of carbonyl (C=O) groups is 1.